The second kappa shape index (κ2) is 18.2. The average molecular weight is 607 g/mol. The first-order chi connectivity index (χ1) is 19.7. The number of ether oxygens (including phenoxy) is 1. The number of Topliss-reactive ketones (excluding diaryl/α,β-unsaturated/α-hetero) is 1. The number of unbranched alkanes of at least 4 members (excludes halogenated alkanes) is 9. The highest BCUT2D eigenvalue weighted by molar-refractivity contribution is 7.94. The minimum atomic E-state index is -4.67. The van der Waals surface area contributed by atoms with Crippen LogP contribution in [-0.2, 0) is 14.8 Å². The third-order valence-corrected chi connectivity index (χ3v) is 9.93. The third kappa shape index (κ3) is 10.7. The van der Waals surface area contributed by atoms with Gasteiger partial charge in [0.15, 0.2) is 0 Å². The van der Waals surface area contributed by atoms with E-state index in [0.29, 0.717) is 24.3 Å². The third-order valence-electron chi connectivity index (χ3n) is 7.22. The van der Waals surface area contributed by atoms with Crippen molar-refractivity contribution >= 4 is 39.0 Å². The van der Waals surface area contributed by atoms with E-state index in [1.807, 2.05) is 6.92 Å². The first kappa shape index (κ1) is 34.8. The molecule has 2 N–H and O–H groups in total. The molecule has 2 aromatic carbocycles. The Balaban J connectivity index is 2.22. The Kier molecular flexibility index (Phi) is 15.4. The molecule has 0 radical (unpaired) electrons. The van der Waals surface area contributed by atoms with Gasteiger partial charge < -0.3 is 10.1 Å². The van der Waals surface area contributed by atoms with Crippen molar-refractivity contribution in [1.82, 2.24) is 4.72 Å². The second-order valence-corrected chi connectivity index (χ2v) is 13.2. The summed E-state index contributed by atoms with van der Waals surface area (Å²) in [6, 6.07) is 13.8. The molecule has 0 aliphatic carbocycles. The van der Waals surface area contributed by atoms with Gasteiger partial charge in [-0.25, -0.2) is 13.1 Å². The minimum Gasteiger partial charge on any atom is -0.497 e. The van der Waals surface area contributed by atoms with E-state index in [1.165, 1.54) is 69.9 Å². The molecule has 0 aromatic heterocycles. The van der Waals surface area contributed by atoms with Crippen LogP contribution in [0, 0.1) is 0 Å². The lowest BCUT2D eigenvalue weighted by atomic mass is 10.0. The van der Waals surface area contributed by atoms with E-state index >= 15 is 0 Å². The number of methoxy groups -OCH3 is 1. The van der Waals surface area contributed by atoms with Crippen LogP contribution in [0.15, 0.2) is 54.6 Å². The maximum absolute atomic E-state index is 13.9. The average Bonchev–Trinajstić information content (AvgIpc) is 2.98. The van der Waals surface area contributed by atoms with Crippen molar-refractivity contribution in [2.75, 3.05) is 12.4 Å². The van der Waals surface area contributed by atoms with Gasteiger partial charge in [0, 0.05) is 17.3 Å². The van der Waals surface area contributed by atoms with Gasteiger partial charge in [-0.15, -0.1) is 0 Å². The number of nitrogens with one attached hydrogen (secondary N) is 2. The molecule has 2 unspecified atom stereocenters. The minimum absolute atomic E-state index is 0.0153. The van der Waals surface area contributed by atoms with E-state index in [0.717, 1.165) is 32.1 Å². The van der Waals surface area contributed by atoms with Crippen LogP contribution in [0.25, 0.3) is 0 Å². The van der Waals surface area contributed by atoms with Crippen LogP contribution < -0.4 is 14.8 Å². The Morgan fingerprint density at radius 3 is 1.90 bits per heavy atom. The molecule has 9 heteroatoms. The van der Waals surface area contributed by atoms with Crippen molar-refractivity contribution < 1.29 is 22.7 Å². The number of rotatable bonds is 21. The standard InChI is InChI=1S/C32H47ClN2O5S/c1-4-6-8-9-10-11-12-13-15-21-28(18-7-5-2)35-41(38,39)32(33,31(37)34-27-19-16-14-17-20-27)30(36)26-22-24-29(40-3)25-23-26/h14,16-17,19-20,22-25,28,35H,4-13,15,18,21H2,1-3H3,(H,34,37). The lowest BCUT2D eigenvalue weighted by Crippen LogP contribution is -2.57. The first-order valence-electron chi connectivity index (χ1n) is 15.0. The number of carbonyl (C=O) groups excluding carboxylic acids is 2. The zero-order valence-electron chi connectivity index (χ0n) is 24.8. The number of carbonyl (C=O) groups is 2. The van der Waals surface area contributed by atoms with Gasteiger partial charge in [-0.1, -0.05) is 114 Å². The van der Waals surface area contributed by atoms with Gasteiger partial charge in [0.25, 0.3) is 10.1 Å². The molecule has 0 aliphatic rings. The van der Waals surface area contributed by atoms with Crippen LogP contribution in [0.2, 0.25) is 0 Å². The van der Waals surface area contributed by atoms with Gasteiger partial charge in [-0.3, -0.25) is 9.59 Å². The molecule has 228 valence electrons. The highest BCUT2D eigenvalue weighted by Crippen LogP contribution is 2.31. The Hall–Kier alpha value is -2.42. The quantitative estimate of drug-likeness (QED) is 0.0652. The molecule has 41 heavy (non-hydrogen) atoms. The molecule has 0 bridgehead atoms. The van der Waals surface area contributed by atoms with E-state index in [1.54, 1.807) is 30.3 Å². The summed E-state index contributed by atoms with van der Waals surface area (Å²) in [5.41, 5.74) is 0.316. The van der Waals surface area contributed by atoms with Gasteiger partial charge in [-0.05, 0) is 49.2 Å². The number of hydrogen-bond donors (Lipinski definition) is 2. The maximum Gasteiger partial charge on any atom is 0.299 e. The molecule has 1 amide bonds. The molecule has 0 fully saturated rings. The van der Waals surface area contributed by atoms with Crippen LogP contribution in [0.4, 0.5) is 5.69 Å². The summed E-state index contributed by atoms with van der Waals surface area (Å²) in [5.74, 6) is -1.67. The number of sulfonamides is 1. The van der Waals surface area contributed by atoms with Gasteiger partial charge in [0.2, 0.25) is 15.8 Å². The monoisotopic (exact) mass is 606 g/mol. The molecule has 0 heterocycles. The van der Waals surface area contributed by atoms with E-state index in [2.05, 4.69) is 17.0 Å². The molecular formula is C32H47ClN2O5S. The summed E-state index contributed by atoms with van der Waals surface area (Å²) in [7, 11) is -3.19. The largest absolute Gasteiger partial charge is 0.497 e. The molecule has 0 saturated carbocycles. The Morgan fingerprint density at radius 2 is 1.34 bits per heavy atom. The molecule has 2 atom stereocenters. The van der Waals surface area contributed by atoms with E-state index in [-0.39, 0.29) is 5.56 Å². The summed E-state index contributed by atoms with van der Waals surface area (Å²) < 4.78 is 32.7. The first-order valence-corrected chi connectivity index (χ1v) is 16.8. The predicted octanol–water partition coefficient (Wildman–Crippen LogP) is 7.85. The number of hydrogen-bond acceptors (Lipinski definition) is 5. The molecule has 2 rings (SSSR count). The molecule has 2 aromatic rings. The highest BCUT2D eigenvalue weighted by atomic mass is 35.5. The zero-order chi connectivity index (χ0) is 30.1. The summed E-state index contributed by atoms with van der Waals surface area (Å²) in [4.78, 5) is 27.2. The van der Waals surface area contributed by atoms with Crippen LogP contribution in [0.1, 0.15) is 108 Å². The summed E-state index contributed by atoms with van der Waals surface area (Å²) in [5, 5.41) is 2.53. The highest BCUT2D eigenvalue weighted by Gasteiger charge is 2.56. The van der Waals surface area contributed by atoms with Crippen molar-refractivity contribution in [3.63, 3.8) is 0 Å². The summed E-state index contributed by atoms with van der Waals surface area (Å²) in [6.45, 7) is 4.25. The van der Waals surface area contributed by atoms with Crippen LogP contribution in [0.3, 0.4) is 0 Å². The number of halogens is 1. The Bertz CT molecular complexity index is 1160. The second-order valence-electron chi connectivity index (χ2n) is 10.6. The Labute approximate surface area is 251 Å². The SMILES string of the molecule is CCCCCCCCCCCC(CCCC)NS(=O)(=O)C(Cl)(C(=O)Nc1ccccc1)C(=O)c1ccc(OC)cc1. The Morgan fingerprint density at radius 1 is 0.805 bits per heavy atom. The molecule has 7 nitrogen and oxygen atoms in total. The van der Waals surface area contributed by atoms with Crippen molar-refractivity contribution in [3.05, 3.63) is 60.2 Å². The fourth-order valence-corrected chi connectivity index (χ4v) is 6.51. The van der Waals surface area contributed by atoms with Gasteiger partial charge in [0.1, 0.15) is 5.75 Å². The van der Waals surface area contributed by atoms with Crippen LogP contribution in [-0.4, -0.2) is 37.5 Å². The topological polar surface area (TPSA) is 102 Å². The van der Waals surface area contributed by atoms with Gasteiger partial charge in [-0.2, -0.15) is 0 Å². The molecule has 0 aliphatic heterocycles. The maximum atomic E-state index is 13.9. The lowest BCUT2D eigenvalue weighted by Gasteiger charge is -2.28. The fraction of sp³-hybridized carbons (Fsp3) is 0.562. The van der Waals surface area contributed by atoms with Crippen LogP contribution in [0.5, 0.6) is 5.75 Å². The number of anilines is 1. The zero-order valence-corrected chi connectivity index (χ0v) is 26.4. The van der Waals surface area contributed by atoms with E-state index in [4.69, 9.17) is 16.3 Å². The number of alkyl halides is 1. The van der Waals surface area contributed by atoms with E-state index in [9.17, 15) is 18.0 Å². The van der Waals surface area contributed by atoms with E-state index < -0.39 is 32.0 Å². The summed E-state index contributed by atoms with van der Waals surface area (Å²) in [6.07, 6.45) is 13.3. The fourth-order valence-electron chi connectivity index (χ4n) is 4.72. The predicted molar refractivity (Wildman–Crippen MR) is 168 cm³/mol. The lowest BCUT2D eigenvalue weighted by molar-refractivity contribution is -0.115. The number of benzene rings is 2. The smallest absolute Gasteiger partial charge is 0.299 e. The number of ketones is 1. The van der Waals surface area contributed by atoms with Crippen LogP contribution >= 0.6 is 11.6 Å². The van der Waals surface area contributed by atoms with Gasteiger partial charge in [0.05, 0.1) is 7.11 Å². The normalized spacial score (nSPS) is 13.8. The van der Waals surface area contributed by atoms with Gasteiger partial charge >= 0.3 is 0 Å². The van der Waals surface area contributed by atoms with Crippen molar-refractivity contribution in [2.45, 2.75) is 108 Å². The molecule has 0 saturated heterocycles. The van der Waals surface area contributed by atoms with Crippen molar-refractivity contribution in [1.29, 1.82) is 0 Å². The van der Waals surface area contributed by atoms with Crippen molar-refractivity contribution in [3.8, 4) is 5.75 Å². The number of amides is 1. The number of para-hydroxylation sites is 1. The molecule has 0 spiro atoms. The molecular weight excluding hydrogens is 560 g/mol. The summed E-state index contributed by atoms with van der Waals surface area (Å²) >= 11 is 6.68. The van der Waals surface area contributed by atoms with Crippen molar-refractivity contribution in [2.24, 2.45) is 0 Å².